The summed E-state index contributed by atoms with van der Waals surface area (Å²) in [6.07, 6.45) is 2.27. The summed E-state index contributed by atoms with van der Waals surface area (Å²) in [7, 11) is 0. The molecule has 5 heteroatoms. The van der Waals surface area contributed by atoms with Gasteiger partial charge in [0, 0.05) is 5.56 Å². The normalized spacial score (nSPS) is 11.1. The van der Waals surface area contributed by atoms with Gasteiger partial charge in [0.2, 0.25) is 0 Å². The molecule has 1 aromatic carbocycles. The SMILES string of the molecule is CCc1nc2ncnn2c(N)c1-c1ccc(C)cc1. The number of rotatable bonds is 2. The van der Waals surface area contributed by atoms with E-state index in [-0.39, 0.29) is 0 Å². The van der Waals surface area contributed by atoms with Crippen LogP contribution >= 0.6 is 0 Å². The second kappa shape index (κ2) is 4.35. The molecule has 2 N–H and O–H groups in total. The minimum Gasteiger partial charge on any atom is -0.383 e. The van der Waals surface area contributed by atoms with Crippen molar-refractivity contribution in [1.82, 2.24) is 19.6 Å². The predicted molar refractivity (Wildman–Crippen MR) is 74.7 cm³/mol. The van der Waals surface area contributed by atoms with E-state index in [1.54, 1.807) is 4.52 Å². The van der Waals surface area contributed by atoms with Crippen LogP contribution in [0.5, 0.6) is 0 Å². The van der Waals surface area contributed by atoms with Crippen molar-refractivity contribution < 1.29 is 0 Å². The van der Waals surface area contributed by atoms with Crippen LogP contribution in [-0.2, 0) is 6.42 Å². The van der Waals surface area contributed by atoms with Gasteiger partial charge in [-0.25, -0.2) is 4.98 Å². The fourth-order valence-corrected chi connectivity index (χ4v) is 2.20. The van der Waals surface area contributed by atoms with Gasteiger partial charge in [0.1, 0.15) is 12.1 Å². The monoisotopic (exact) mass is 253 g/mol. The van der Waals surface area contributed by atoms with Gasteiger partial charge in [-0.1, -0.05) is 36.8 Å². The Bertz CT molecular complexity index is 727. The van der Waals surface area contributed by atoms with Crippen LogP contribution in [0.15, 0.2) is 30.6 Å². The van der Waals surface area contributed by atoms with Crippen molar-refractivity contribution in [3.05, 3.63) is 41.9 Å². The average Bonchev–Trinajstić information content (AvgIpc) is 2.88. The third-order valence-corrected chi connectivity index (χ3v) is 3.21. The summed E-state index contributed by atoms with van der Waals surface area (Å²) < 4.78 is 1.58. The Morgan fingerprint density at radius 3 is 2.63 bits per heavy atom. The van der Waals surface area contributed by atoms with Crippen molar-refractivity contribution >= 4 is 11.6 Å². The lowest BCUT2D eigenvalue weighted by molar-refractivity contribution is 0.925. The molecule has 2 heterocycles. The van der Waals surface area contributed by atoms with Crippen molar-refractivity contribution in [2.75, 3.05) is 5.73 Å². The molecule has 0 aliphatic carbocycles. The lowest BCUT2D eigenvalue weighted by Crippen LogP contribution is -2.07. The first-order valence-corrected chi connectivity index (χ1v) is 6.26. The van der Waals surface area contributed by atoms with Crippen LogP contribution in [0.25, 0.3) is 16.9 Å². The number of hydrogen-bond donors (Lipinski definition) is 1. The molecular weight excluding hydrogens is 238 g/mol. The highest BCUT2D eigenvalue weighted by Gasteiger charge is 2.14. The van der Waals surface area contributed by atoms with E-state index < -0.39 is 0 Å². The van der Waals surface area contributed by atoms with Gasteiger partial charge in [-0.05, 0) is 18.9 Å². The lowest BCUT2D eigenvalue weighted by Gasteiger charge is -2.11. The van der Waals surface area contributed by atoms with Gasteiger partial charge in [0.15, 0.2) is 0 Å². The fourth-order valence-electron chi connectivity index (χ4n) is 2.20. The topological polar surface area (TPSA) is 69.1 Å². The Kier molecular flexibility index (Phi) is 2.67. The Labute approximate surface area is 111 Å². The average molecular weight is 253 g/mol. The number of nitrogens with zero attached hydrogens (tertiary/aromatic N) is 4. The number of nitrogen functional groups attached to an aromatic ring is 1. The van der Waals surface area contributed by atoms with Crippen LogP contribution in [0.1, 0.15) is 18.2 Å². The largest absolute Gasteiger partial charge is 0.383 e. The number of nitrogens with two attached hydrogens (primary N) is 1. The zero-order valence-electron chi connectivity index (χ0n) is 11.0. The quantitative estimate of drug-likeness (QED) is 0.760. The van der Waals surface area contributed by atoms with E-state index in [0.717, 1.165) is 23.2 Å². The molecule has 0 saturated carbocycles. The summed E-state index contributed by atoms with van der Waals surface area (Å²) in [6.45, 7) is 4.12. The molecule has 0 unspecified atom stereocenters. The molecule has 0 aliphatic heterocycles. The highest BCUT2D eigenvalue weighted by molar-refractivity contribution is 5.77. The van der Waals surface area contributed by atoms with Crippen LogP contribution in [0.4, 0.5) is 5.82 Å². The lowest BCUT2D eigenvalue weighted by atomic mass is 10.0. The van der Waals surface area contributed by atoms with Crippen LogP contribution in [0, 0.1) is 6.92 Å². The van der Waals surface area contributed by atoms with E-state index >= 15 is 0 Å². The zero-order chi connectivity index (χ0) is 13.4. The summed E-state index contributed by atoms with van der Waals surface area (Å²) in [5.74, 6) is 1.13. The molecule has 3 aromatic rings. The van der Waals surface area contributed by atoms with Crippen LogP contribution in [0.3, 0.4) is 0 Å². The fraction of sp³-hybridized carbons (Fsp3) is 0.214. The van der Waals surface area contributed by atoms with Crippen molar-refractivity contribution in [2.24, 2.45) is 0 Å². The maximum absolute atomic E-state index is 6.23. The summed E-state index contributed by atoms with van der Waals surface area (Å²) in [5.41, 5.74) is 10.4. The minimum atomic E-state index is 0.546. The molecule has 0 radical (unpaired) electrons. The molecule has 0 atom stereocenters. The Morgan fingerprint density at radius 2 is 1.95 bits per heavy atom. The van der Waals surface area contributed by atoms with Crippen LogP contribution in [0.2, 0.25) is 0 Å². The highest BCUT2D eigenvalue weighted by atomic mass is 15.3. The number of benzene rings is 1. The summed E-state index contributed by atoms with van der Waals surface area (Å²) >= 11 is 0. The zero-order valence-corrected chi connectivity index (χ0v) is 11.0. The van der Waals surface area contributed by atoms with E-state index in [1.807, 2.05) is 0 Å². The van der Waals surface area contributed by atoms with Gasteiger partial charge in [0.25, 0.3) is 5.78 Å². The predicted octanol–water partition coefficient (Wildman–Crippen LogP) is 2.24. The third kappa shape index (κ3) is 1.83. The number of anilines is 1. The first kappa shape index (κ1) is 11.6. The molecule has 0 saturated heterocycles. The van der Waals surface area contributed by atoms with Crippen LogP contribution < -0.4 is 5.73 Å². The summed E-state index contributed by atoms with van der Waals surface area (Å²) in [4.78, 5) is 8.62. The maximum Gasteiger partial charge on any atom is 0.254 e. The molecule has 19 heavy (non-hydrogen) atoms. The molecule has 3 rings (SSSR count). The maximum atomic E-state index is 6.23. The molecule has 0 spiro atoms. The molecule has 2 aromatic heterocycles. The van der Waals surface area contributed by atoms with E-state index in [4.69, 9.17) is 5.73 Å². The Morgan fingerprint density at radius 1 is 1.21 bits per heavy atom. The van der Waals surface area contributed by atoms with Crippen molar-refractivity contribution in [3.8, 4) is 11.1 Å². The smallest absolute Gasteiger partial charge is 0.254 e. The van der Waals surface area contributed by atoms with Gasteiger partial charge < -0.3 is 5.73 Å². The van der Waals surface area contributed by atoms with E-state index in [1.165, 1.54) is 11.9 Å². The molecule has 0 amide bonds. The summed E-state index contributed by atoms with van der Waals surface area (Å²) in [6, 6.07) is 8.26. The molecule has 0 aliphatic rings. The minimum absolute atomic E-state index is 0.546. The number of aromatic nitrogens is 4. The Hall–Kier alpha value is -2.43. The van der Waals surface area contributed by atoms with E-state index in [0.29, 0.717) is 11.6 Å². The van der Waals surface area contributed by atoms with Crippen molar-refractivity contribution in [1.29, 1.82) is 0 Å². The standard InChI is InChI=1S/C14H15N5/c1-3-11-12(10-6-4-9(2)5-7-10)13(15)19-14(18-11)16-8-17-19/h4-8H,3,15H2,1-2H3. The molecule has 0 fully saturated rings. The van der Waals surface area contributed by atoms with E-state index in [2.05, 4.69) is 53.2 Å². The first-order chi connectivity index (χ1) is 9.20. The number of hydrogen-bond acceptors (Lipinski definition) is 4. The van der Waals surface area contributed by atoms with Gasteiger partial charge in [-0.3, -0.25) is 0 Å². The van der Waals surface area contributed by atoms with Crippen molar-refractivity contribution in [3.63, 3.8) is 0 Å². The summed E-state index contributed by atoms with van der Waals surface area (Å²) in [5, 5.41) is 4.12. The second-order valence-electron chi connectivity index (χ2n) is 4.51. The Balaban J connectivity index is 2.31. The van der Waals surface area contributed by atoms with Gasteiger partial charge >= 0.3 is 0 Å². The molecular formula is C14H15N5. The third-order valence-electron chi connectivity index (χ3n) is 3.21. The molecule has 5 nitrogen and oxygen atoms in total. The highest BCUT2D eigenvalue weighted by Crippen LogP contribution is 2.29. The van der Waals surface area contributed by atoms with Gasteiger partial charge in [-0.15, -0.1) is 0 Å². The van der Waals surface area contributed by atoms with Gasteiger partial charge in [0.05, 0.1) is 5.69 Å². The molecule has 96 valence electrons. The van der Waals surface area contributed by atoms with E-state index in [9.17, 15) is 0 Å². The van der Waals surface area contributed by atoms with Gasteiger partial charge in [-0.2, -0.15) is 14.6 Å². The number of aryl methyl sites for hydroxylation is 2. The van der Waals surface area contributed by atoms with Crippen LogP contribution in [-0.4, -0.2) is 19.6 Å². The van der Waals surface area contributed by atoms with Crippen molar-refractivity contribution in [2.45, 2.75) is 20.3 Å². The second-order valence-corrected chi connectivity index (χ2v) is 4.51. The number of fused-ring (bicyclic) bond motifs is 1. The first-order valence-electron chi connectivity index (χ1n) is 6.26. The molecule has 0 bridgehead atoms.